The number of nitrogens with one attached hydrogen (secondary N) is 2. The Hall–Kier alpha value is -3.75. The SMILES string of the molecule is CCN(C(=O)c1cccc(NC(=S)NC(=O)c2ccc(OCCOC)cc2)c1)c1ccccc1. The molecule has 0 aliphatic rings. The highest BCUT2D eigenvalue weighted by Crippen LogP contribution is 2.19. The van der Waals surface area contributed by atoms with Crippen LogP contribution in [0.1, 0.15) is 27.6 Å². The normalized spacial score (nSPS) is 10.3. The lowest BCUT2D eigenvalue weighted by Gasteiger charge is -2.21. The number of para-hydroxylation sites is 1. The van der Waals surface area contributed by atoms with Gasteiger partial charge in [-0.2, -0.15) is 0 Å². The molecule has 7 nitrogen and oxygen atoms in total. The van der Waals surface area contributed by atoms with Crippen LogP contribution < -0.4 is 20.3 Å². The van der Waals surface area contributed by atoms with Crippen molar-refractivity contribution in [1.82, 2.24) is 5.32 Å². The van der Waals surface area contributed by atoms with Crippen molar-refractivity contribution < 1.29 is 19.1 Å². The fraction of sp³-hybridized carbons (Fsp3) is 0.192. The third kappa shape index (κ3) is 6.87. The first kappa shape index (κ1) is 24.9. The molecule has 3 rings (SSSR count). The van der Waals surface area contributed by atoms with Crippen LogP contribution >= 0.6 is 12.2 Å². The molecule has 0 heterocycles. The minimum atomic E-state index is -0.352. The number of thiocarbonyl (C=S) groups is 1. The molecule has 0 aliphatic carbocycles. The van der Waals surface area contributed by atoms with Crippen LogP contribution in [0.15, 0.2) is 78.9 Å². The standard InChI is InChI=1S/C26H27N3O4S/c1-3-29(22-10-5-4-6-11-22)25(31)20-8-7-9-21(18-20)27-26(34)28-24(30)19-12-14-23(15-13-19)33-17-16-32-2/h4-15,18H,3,16-17H2,1-2H3,(H2,27,28,30,34). The maximum atomic E-state index is 13.1. The van der Waals surface area contributed by atoms with E-state index in [4.69, 9.17) is 21.7 Å². The van der Waals surface area contributed by atoms with Crippen LogP contribution in [0.4, 0.5) is 11.4 Å². The summed E-state index contributed by atoms with van der Waals surface area (Å²) >= 11 is 5.29. The Balaban J connectivity index is 1.60. The Morgan fingerprint density at radius 1 is 0.912 bits per heavy atom. The number of hydrogen-bond donors (Lipinski definition) is 2. The van der Waals surface area contributed by atoms with Crippen molar-refractivity contribution in [3.05, 3.63) is 90.0 Å². The zero-order chi connectivity index (χ0) is 24.3. The molecule has 8 heteroatoms. The van der Waals surface area contributed by atoms with Crippen molar-refractivity contribution in [3.8, 4) is 5.75 Å². The van der Waals surface area contributed by atoms with Crippen LogP contribution in [-0.4, -0.2) is 43.8 Å². The molecule has 176 valence electrons. The molecule has 0 bridgehead atoms. The molecule has 0 spiro atoms. The Morgan fingerprint density at radius 2 is 1.65 bits per heavy atom. The maximum absolute atomic E-state index is 13.1. The van der Waals surface area contributed by atoms with Gasteiger partial charge in [0.05, 0.1) is 6.61 Å². The number of hydrogen-bond acceptors (Lipinski definition) is 5. The lowest BCUT2D eigenvalue weighted by molar-refractivity contribution is 0.0973. The zero-order valence-electron chi connectivity index (χ0n) is 19.1. The van der Waals surface area contributed by atoms with E-state index in [0.717, 1.165) is 5.69 Å². The van der Waals surface area contributed by atoms with Gasteiger partial charge in [-0.1, -0.05) is 24.3 Å². The van der Waals surface area contributed by atoms with Gasteiger partial charge in [0.2, 0.25) is 0 Å². The van der Waals surface area contributed by atoms with Crippen molar-refractivity contribution in [3.63, 3.8) is 0 Å². The number of ether oxygens (including phenoxy) is 2. The first-order valence-corrected chi connectivity index (χ1v) is 11.2. The molecule has 0 fully saturated rings. The summed E-state index contributed by atoms with van der Waals surface area (Å²) < 4.78 is 10.4. The summed E-state index contributed by atoms with van der Waals surface area (Å²) in [6.07, 6.45) is 0. The van der Waals surface area contributed by atoms with E-state index in [-0.39, 0.29) is 16.9 Å². The van der Waals surface area contributed by atoms with Gasteiger partial charge < -0.3 is 19.7 Å². The number of benzene rings is 3. The van der Waals surface area contributed by atoms with Crippen LogP contribution in [0.25, 0.3) is 0 Å². The topological polar surface area (TPSA) is 79.9 Å². The maximum Gasteiger partial charge on any atom is 0.258 e. The number of rotatable bonds is 9. The molecule has 0 saturated heterocycles. The summed E-state index contributed by atoms with van der Waals surface area (Å²) in [5.74, 6) is 0.168. The Bertz CT molecular complexity index is 1120. The number of methoxy groups -OCH3 is 1. The number of anilines is 2. The number of carbonyl (C=O) groups is 2. The smallest absolute Gasteiger partial charge is 0.258 e. The van der Waals surface area contributed by atoms with Crippen molar-refractivity contribution in [2.75, 3.05) is 37.1 Å². The summed E-state index contributed by atoms with van der Waals surface area (Å²) in [6.45, 7) is 3.37. The number of carbonyl (C=O) groups excluding carboxylic acids is 2. The van der Waals surface area contributed by atoms with E-state index in [2.05, 4.69) is 10.6 Å². The average Bonchev–Trinajstić information content (AvgIpc) is 2.85. The van der Waals surface area contributed by atoms with E-state index in [0.29, 0.717) is 42.3 Å². The lowest BCUT2D eigenvalue weighted by atomic mass is 10.1. The summed E-state index contributed by atoms with van der Waals surface area (Å²) in [7, 11) is 1.60. The van der Waals surface area contributed by atoms with Crippen LogP contribution in [0.3, 0.4) is 0 Å². The van der Waals surface area contributed by atoms with Crippen LogP contribution in [0.5, 0.6) is 5.75 Å². The van der Waals surface area contributed by atoms with E-state index < -0.39 is 0 Å². The van der Waals surface area contributed by atoms with E-state index in [9.17, 15) is 9.59 Å². The summed E-state index contributed by atoms with van der Waals surface area (Å²) in [5.41, 5.74) is 2.37. The quantitative estimate of drug-likeness (QED) is 0.349. The largest absolute Gasteiger partial charge is 0.491 e. The van der Waals surface area contributed by atoms with Crippen molar-refractivity contribution in [2.24, 2.45) is 0 Å². The molecule has 3 aromatic rings. The molecule has 0 aliphatic heterocycles. The second-order valence-corrected chi connectivity index (χ2v) is 7.65. The number of nitrogens with zero attached hydrogens (tertiary/aromatic N) is 1. The average molecular weight is 478 g/mol. The van der Waals surface area contributed by atoms with Gasteiger partial charge in [-0.05, 0) is 73.7 Å². The second kappa shape index (κ2) is 12.5. The molecule has 0 radical (unpaired) electrons. The van der Waals surface area contributed by atoms with Gasteiger partial charge in [-0.15, -0.1) is 0 Å². The summed E-state index contributed by atoms with van der Waals surface area (Å²) in [4.78, 5) is 27.3. The fourth-order valence-electron chi connectivity index (χ4n) is 3.22. The fourth-order valence-corrected chi connectivity index (χ4v) is 3.43. The summed E-state index contributed by atoms with van der Waals surface area (Å²) in [6, 6.07) is 23.2. The third-order valence-corrected chi connectivity index (χ3v) is 5.10. The van der Waals surface area contributed by atoms with Gasteiger partial charge in [0.1, 0.15) is 12.4 Å². The van der Waals surface area contributed by atoms with Crippen molar-refractivity contribution in [2.45, 2.75) is 6.92 Å². The first-order chi connectivity index (χ1) is 16.5. The lowest BCUT2D eigenvalue weighted by Crippen LogP contribution is -2.34. The highest BCUT2D eigenvalue weighted by molar-refractivity contribution is 7.80. The van der Waals surface area contributed by atoms with Gasteiger partial charge in [-0.25, -0.2) is 0 Å². The third-order valence-electron chi connectivity index (χ3n) is 4.90. The van der Waals surface area contributed by atoms with E-state index in [1.54, 1.807) is 60.5 Å². The molecule has 3 aromatic carbocycles. The second-order valence-electron chi connectivity index (χ2n) is 7.24. The van der Waals surface area contributed by atoms with Gasteiger partial charge in [0.25, 0.3) is 11.8 Å². The molecule has 0 unspecified atom stereocenters. The molecule has 0 atom stereocenters. The van der Waals surface area contributed by atoms with Gasteiger partial charge >= 0.3 is 0 Å². The molecule has 34 heavy (non-hydrogen) atoms. The predicted octanol–water partition coefficient (Wildman–Crippen LogP) is 4.51. The zero-order valence-corrected chi connectivity index (χ0v) is 19.9. The highest BCUT2D eigenvalue weighted by Gasteiger charge is 2.16. The van der Waals surface area contributed by atoms with Gasteiger partial charge in [-0.3, -0.25) is 14.9 Å². The minimum absolute atomic E-state index is 0.125. The monoisotopic (exact) mass is 477 g/mol. The molecule has 0 saturated carbocycles. The Labute approximate surface area is 204 Å². The number of amides is 2. The molecule has 2 amide bonds. The van der Waals surface area contributed by atoms with Gasteiger partial charge in [0, 0.05) is 36.2 Å². The molecular formula is C26H27N3O4S. The van der Waals surface area contributed by atoms with Crippen LogP contribution in [-0.2, 0) is 4.74 Å². The van der Waals surface area contributed by atoms with Crippen molar-refractivity contribution in [1.29, 1.82) is 0 Å². The Kier molecular flexibility index (Phi) is 9.13. The molecule has 2 N–H and O–H groups in total. The van der Waals surface area contributed by atoms with Crippen LogP contribution in [0.2, 0.25) is 0 Å². The van der Waals surface area contributed by atoms with Crippen molar-refractivity contribution >= 4 is 40.5 Å². The molecule has 0 aromatic heterocycles. The van der Waals surface area contributed by atoms with E-state index in [1.165, 1.54) is 0 Å². The minimum Gasteiger partial charge on any atom is -0.491 e. The molecular weight excluding hydrogens is 450 g/mol. The van der Waals surface area contributed by atoms with E-state index in [1.807, 2.05) is 37.3 Å². The van der Waals surface area contributed by atoms with E-state index >= 15 is 0 Å². The van der Waals surface area contributed by atoms with Crippen LogP contribution in [0, 0.1) is 0 Å². The summed E-state index contributed by atoms with van der Waals surface area (Å²) in [5, 5.41) is 5.75. The highest BCUT2D eigenvalue weighted by atomic mass is 32.1. The Morgan fingerprint density at radius 3 is 2.32 bits per heavy atom. The first-order valence-electron chi connectivity index (χ1n) is 10.8. The predicted molar refractivity (Wildman–Crippen MR) is 138 cm³/mol. The van der Waals surface area contributed by atoms with Gasteiger partial charge in [0.15, 0.2) is 5.11 Å².